The largest absolute Gasteiger partial charge is 0.451 e. The highest BCUT2D eigenvalue weighted by Gasteiger charge is 2.30. The molecule has 0 aliphatic heterocycles. The Bertz CT molecular complexity index is 173. The fraction of sp³-hybridized carbons (Fsp3) is 1.00. The van der Waals surface area contributed by atoms with Gasteiger partial charge in [-0.15, -0.1) is 0 Å². The summed E-state index contributed by atoms with van der Waals surface area (Å²) in [5.74, 6) is 1.36. The molecule has 0 spiro atoms. The molecule has 0 rings (SSSR count). The van der Waals surface area contributed by atoms with Gasteiger partial charge in [0.25, 0.3) is 0 Å². The van der Waals surface area contributed by atoms with Gasteiger partial charge in [-0.05, 0) is 12.2 Å². The van der Waals surface area contributed by atoms with E-state index in [1.807, 2.05) is 6.92 Å². The average molecular weight is 208 g/mol. The minimum absolute atomic E-state index is 0.00463. The topological polar surface area (TPSA) is 86.3 Å². The maximum absolute atomic E-state index is 10.2. The standard InChI is InChI=1S/C6H12N2O4S/c1-2-4-13-5-3-6(7(9)10)8(11)12/h6H,2-5H2,1H3. The van der Waals surface area contributed by atoms with Crippen molar-refractivity contribution in [2.45, 2.75) is 25.9 Å². The molecule has 0 amide bonds. The molecule has 0 heterocycles. The monoisotopic (exact) mass is 208 g/mol. The van der Waals surface area contributed by atoms with Crippen LogP contribution >= 0.6 is 11.8 Å². The van der Waals surface area contributed by atoms with Gasteiger partial charge in [-0.2, -0.15) is 11.8 Å². The minimum Gasteiger partial charge on any atom is -0.259 e. The van der Waals surface area contributed by atoms with Gasteiger partial charge in [0.15, 0.2) is 0 Å². The molecular formula is C6H12N2O4S. The van der Waals surface area contributed by atoms with Gasteiger partial charge < -0.3 is 0 Å². The summed E-state index contributed by atoms with van der Waals surface area (Å²) < 4.78 is 0. The zero-order valence-electron chi connectivity index (χ0n) is 7.34. The molecule has 6 nitrogen and oxygen atoms in total. The van der Waals surface area contributed by atoms with Crippen molar-refractivity contribution in [1.82, 2.24) is 0 Å². The third-order valence-electron chi connectivity index (χ3n) is 1.36. The minimum atomic E-state index is -1.63. The average Bonchev–Trinajstić information content (AvgIpc) is 2.02. The lowest BCUT2D eigenvalue weighted by molar-refractivity contribution is -0.742. The van der Waals surface area contributed by atoms with E-state index in [1.54, 1.807) is 0 Å². The molecule has 0 saturated carbocycles. The van der Waals surface area contributed by atoms with Gasteiger partial charge in [-0.25, -0.2) is 0 Å². The van der Waals surface area contributed by atoms with Crippen LogP contribution in [0.15, 0.2) is 0 Å². The van der Waals surface area contributed by atoms with E-state index in [4.69, 9.17) is 0 Å². The molecule has 0 N–H and O–H groups in total. The first-order valence-electron chi connectivity index (χ1n) is 3.94. The van der Waals surface area contributed by atoms with Crippen molar-refractivity contribution in [1.29, 1.82) is 0 Å². The molecule has 0 aromatic carbocycles. The predicted molar refractivity (Wildman–Crippen MR) is 50.0 cm³/mol. The quantitative estimate of drug-likeness (QED) is 0.273. The Hall–Kier alpha value is -0.850. The van der Waals surface area contributed by atoms with E-state index >= 15 is 0 Å². The number of rotatable bonds is 7. The van der Waals surface area contributed by atoms with Crippen LogP contribution in [0.1, 0.15) is 19.8 Å². The predicted octanol–water partition coefficient (Wildman–Crippen LogP) is 1.40. The van der Waals surface area contributed by atoms with Gasteiger partial charge in [0, 0.05) is 5.75 Å². The first-order valence-corrected chi connectivity index (χ1v) is 5.09. The number of nitro groups is 2. The van der Waals surface area contributed by atoms with Crippen LogP contribution in [0.5, 0.6) is 0 Å². The molecule has 0 fully saturated rings. The van der Waals surface area contributed by atoms with Crippen molar-refractivity contribution < 1.29 is 9.85 Å². The van der Waals surface area contributed by atoms with Crippen molar-refractivity contribution in [3.63, 3.8) is 0 Å². The first kappa shape index (κ1) is 12.2. The third-order valence-corrected chi connectivity index (χ3v) is 2.58. The highest BCUT2D eigenvalue weighted by Crippen LogP contribution is 2.08. The van der Waals surface area contributed by atoms with Crippen LogP contribution in [0.25, 0.3) is 0 Å². The van der Waals surface area contributed by atoms with E-state index in [0.29, 0.717) is 5.75 Å². The Labute approximate surface area is 80.0 Å². The SMILES string of the molecule is CCCSCCC([N+](=O)[O-])[N+](=O)[O-]. The zero-order valence-corrected chi connectivity index (χ0v) is 8.16. The summed E-state index contributed by atoms with van der Waals surface area (Å²) in [4.78, 5) is 18.6. The lowest BCUT2D eigenvalue weighted by Crippen LogP contribution is -2.29. The molecular weight excluding hydrogens is 196 g/mol. The molecule has 0 aromatic rings. The van der Waals surface area contributed by atoms with Crippen LogP contribution in [-0.2, 0) is 0 Å². The van der Waals surface area contributed by atoms with Crippen LogP contribution in [0.3, 0.4) is 0 Å². The highest BCUT2D eigenvalue weighted by atomic mass is 32.2. The number of nitrogens with zero attached hydrogens (tertiary/aromatic N) is 2. The maximum atomic E-state index is 10.2. The normalized spacial score (nSPS) is 10.3. The van der Waals surface area contributed by atoms with Gasteiger partial charge in [0.05, 0.1) is 16.3 Å². The molecule has 0 unspecified atom stereocenters. The molecule has 0 saturated heterocycles. The third kappa shape index (κ3) is 5.40. The second kappa shape index (κ2) is 6.64. The van der Waals surface area contributed by atoms with Gasteiger partial charge in [-0.3, -0.25) is 20.2 Å². The Kier molecular flexibility index (Phi) is 6.21. The van der Waals surface area contributed by atoms with E-state index in [9.17, 15) is 20.2 Å². The fourth-order valence-corrected chi connectivity index (χ4v) is 1.59. The molecule has 0 aliphatic carbocycles. The van der Waals surface area contributed by atoms with E-state index in [2.05, 4.69) is 0 Å². The van der Waals surface area contributed by atoms with Crippen molar-refractivity contribution in [2.24, 2.45) is 0 Å². The van der Waals surface area contributed by atoms with Crippen molar-refractivity contribution >= 4 is 11.8 Å². The summed E-state index contributed by atoms with van der Waals surface area (Å²) in [5, 5.41) is 20.3. The Balaban J connectivity index is 3.71. The molecule has 0 aromatic heterocycles. The van der Waals surface area contributed by atoms with Crippen LogP contribution in [0.4, 0.5) is 0 Å². The lowest BCUT2D eigenvalue weighted by atomic mass is 10.4. The zero-order chi connectivity index (χ0) is 10.3. The summed E-state index contributed by atoms with van der Waals surface area (Å²) in [7, 11) is 0. The first-order chi connectivity index (χ1) is 6.09. The van der Waals surface area contributed by atoms with Crippen LogP contribution in [0.2, 0.25) is 0 Å². The molecule has 0 atom stereocenters. The Morgan fingerprint density at radius 3 is 2.15 bits per heavy atom. The highest BCUT2D eigenvalue weighted by molar-refractivity contribution is 7.99. The van der Waals surface area contributed by atoms with Crippen LogP contribution < -0.4 is 0 Å². The van der Waals surface area contributed by atoms with Gasteiger partial charge in [0.1, 0.15) is 0 Å². The van der Waals surface area contributed by atoms with Gasteiger partial charge >= 0.3 is 6.17 Å². The molecule has 0 radical (unpaired) electrons. The van der Waals surface area contributed by atoms with E-state index in [-0.39, 0.29) is 6.42 Å². The summed E-state index contributed by atoms with van der Waals surface area (Å²) in [6, 6.07) is 0. The summed E-state index contributed by atoms with van der Waals surface area (Å²) >= 11 is 1.51. The second-order valence-corrected chi connectivity index (χ2v) is 3.68. The Morgan fingerprint density at radius 1 is 1.23 bits per heavy atom. The van der Waals surface area contributed by atoms with Crippen molar-refractivity contribution in [3.05, 3.63) is 20.2 Å². The summed E-state index contributed by atoms with van der Waals surface area (Å²) in [6.07, 6.45) is -0.652. The molecule has 76 valence electrons. The number of thioether (sulfide) groups is 1. The second-order valence-electron chi connectivity index (χ2n) is 2.45. The smallest absolute Gasteiger partial charge is 0.259 e. The van der Waals surface area contributed by atoms with Gasteiger partial charge in [0.2, 0.25) is 0 Å². The maximum Gasteiger partial charge on any atom is 0.451 e. The fourth-order valence-electron chi connectivity index (χ4n) is 0.723. The van der Waals surface area contributed by atoms with Crippen molar-refractivity contribution in [3.8, 4) is 0 Å². The molecule has 13 heavy (non-hydrogen) atoms. The van der Waals surface area contributed by atoms with Crippen molar-refractivity contribution in [2.75, 3.05) is 11.5 Å². The molecule has 0 aliphatic rings. The van der Waals surface area contributed by atoms with E-state index in [0.717, 1.165) is 12.2 Å². The van der Waals surface area contributed by atoms with Crippen LogP contribution in [0, 0.1) is 20.2 Å². The van der Waals surface area contributed by atoms with Crippen LogP contribution in [-0.4, -0.2) is 27.5 Å². The summed E-state index contributed by atoms with van der Waals surface area (Å²) in [5.41, 5.74) is 0. The van der Waals surface area contributed by atoms with E-state index < -0.39 is 16.0 Å². The molecule has 0 bridgehead atoms. The molecule has 7 heteroatoms. The lowest BCUT2D eigenvalue weighted by Gasteiger charge is -2.00. The van der Waals surface area contributed by atoms with E-state index in [1.165, 1.54) is 11.8 Å². The Morgan fingerprint density at radius 2 is 1.77 bits per heavy atom. The number of hydrogen-bond acceptors (Lipinski definition) is 5. The number of hydrogen-bond donors (Lipinski definition) is 0. The van der Waals surface area contributed by atoms with Gasteiger partial charge in [-0.1, -0.05) is 6.92 Å². The summed E-state index contributed by atoms with van der Waals surface area (Å²) in [6.45, 7) is 1.99.